The van der Waals surface area contributed by atoms with Crippen LogP contribution in [0.2, 0.25) is 0 Å². The molecule has 1 amide bonds. The molecular formula is C22H18B2N2O5. The SMILES string of the molecule is O=C(Nc1cccc(B(O)O)c1)c1cc(-c2ccc(B(O)O)cc2)nc2ccccc12. The molecule has 31 heavy (non-hydrogen) atoms. The van der Waals surface area contributed by atoms with E-state index < -0.39 is 14.2 Å². The molecule has 4 rings (SSSR count). The van der Waals surface area contributed by atoms with Crippen LogP contribution in [-0.2, 0) is 0 Å². The topological polar surface area (TPSA) is 123 Å². The Kier molecular flexibility index (Phi) is 5.83. The number of benzene rings is 3. The number of fused-ring (bicyclic) bond motifs is 1. The van der Waals surface area contributed by atoms with E-state index in [1.807, 2.05) is 18.2 Å². The number of aromatic nitrogens is 1. The molecule has 0 aliphatic rings. The molecule has 9 heteroatoms. The fourth-order valence-electron chi connectivity index (χ4n) is 3.31. The Labute approximate surface area is 178 Å². The second-order valence-electron chi connectivity index (χ2n) is 7.02. The lowest BCUT2D eigenvalue weighted by Crippen LogP contribution is -2.30. The molecule has 0 saturated carbocycles. The van der Waals surface area contributed by atoms with E-state index in [1.54, 1.807) is 54.6 Å². The van der Waals surface area contributed by atoms with E-state index in [0.29, 0.717) is 33.3 Å². The van der Waals surface area contributed by atoms with Crippen molar-refractivity contribution in [2.75, 3.05) is 5.32 Å². The fraction of sp³-hybridized carbons (Fsp3) is 0. The molecule has 0 radical (unpaired) electrons. The quantitative estimate of drug-likeness (QED) is 0.305. The predicted octanol–water partition coefficient (Wildman–Crippen LogP) is 0.514. The van der Waals surface area contributed by atoms with Crippen molar-refractivity contribution >= 4 is 47.7 Å². The Morgan fingerprint density at radius 2 is 1.48 bits per heavy atom. The second kappa shape index (κ2) is 8.71. The number of hydrogen-bond acceptors (Lipinski definition) is 6. The minimum absolute atomic E-state index is 0.268. The molecule has 0 spiro atoms. The zero-order valence-corrected chi connectivity index (χ0v) is 16.3. The standard InChI is InChI=1S/C22H18B2N2O5/c27-22(25-17-5-3-4-16(12-17)24(30)31)19-13-21(26-20-7-2-1-6-18(19)20)14-8-10-15(11-9-14)23(28)29/h1-13,28-31H,(H,25,27). The Morgan fingerprint density at radius 1 is 0.774 bits per heavy atom. The van der Waals surface area contributed by atoms with E-state index in [0.717, 1.165) is 5.56 Å². The highest BCUT2D eigenvalue weighted by Gasteiger charge is 2.17. The van der Waals surface area contributed by atoms with Gasteiger partial charge in [-0.1, -0.05) is 54.6 Å². The molecule has 3 aromatic carbocycles. The normalized spacial score (nSPS) is 10.7. The third kappa shape index (κ3) is 4.50. The monoisotopic (exact) mass is 412 g/mol. The molecule has 0 fully saturated rings. The van der Waals surface area contributed by atoms with Gasteiger partial charge in [-0.3, -0.25) is 4.79 Å². The smallest absolute Gasteiger partial charge is 0.423 e. The minimum Gasteiger partial charge on any atom is -0.423 e. The molecule has 5 N–H and O–H groups in total. The van der Waals surface area contributed by atoms with Gasteiger partial charge in [-0.2, -0.15) is 0 Å². The lowest BCUT2D eigenvalue weighted by atomic mass is 9.80. The average Bonchev–Trinajstić information content (AvgIpc) is 2.78. The lowest BCUT2D eigenvalue weighted by Gasteiger charge is -2.12. The molecule has 0 atom stereocenters. The minimum atomic E-state index is -1.63. The molecule has 0 bridgehead atoms. The fourth-order valence-corrected chi connectivity index (χ4v) is 3.31. The van der Waals surface area contributed by atoms with E-state index in [4.69, 9.17) is 0 Å². The van der Waals surface area contributed by atoms with Crippen molar-refractivity contribution < 1.29 is 24.9 Å². The first-order valence-electron chi connectivity index (χ1n) is 9.56. The summed E-state index contributed by atoms with van der Waals surface area (Å²) in [7, 11) is -3.20. The highest BCUT2D eigenvalue weighted by atomic mass is 16.4. The van der Waals surface area contributed by atoms with Crippen molar-refractivity contribution in [1.82, 2.24) is 4.98 Å². The molecule has 0 aliphatic carbocycles. The third-order valence-corrected chi connectivity index (χ3v) is 4.91. The summed E-state index contributed by atoms with van der Waals surface area (Å²) in [4.78, 5) is 17.7. The Bertz CT molecular complexity index is 1250. The summed E-state index contributed by atoms with van der Waals surface area (Å²) in [6.07, 6.45) is 0. The highest BCUT2D eigenvalue weighted by Crippen LogP contribution is 2.25. The van der Waals surface area contributed by atoms with Crippen molar-refractivity contribution in [3.63, 3.8) is 0 Å². The third-order valence-electron chi connectivity index (χ3n) is 4.91. The van der Waals surface area contributed by atoms with Crippen LogP contribution in [0.25, 0.3) is 22.2 Å². The predicted molar refractivity (Wildman–Crippen MR) is 121 cm³/mol. The van der Waals surface area contributed by atoms with E-state index in [9.17, 15) is 24.9 Å². The van der Waals surface area contributed by atoms with E-state index in [2.05, 4.69) is 10.3 Å². The van der Waals surface area contributed by atoms with Crippen LogP contribution in [0, 0.1) is 0 Å². The molecule has 152 valence electrons. The van der Waals surface area contributed by atoms with Crippen LogP contribution in [-0.4, -0.2) is 45.2 Å². The molecule has 1 aromatic heterocycles. The van der Waals surface area contributed by atoms with Crippen LogP contribution in [0.4, 0.5) is 5.69 Å². The maximum atomic E-state index is 13.1. The summed E-state index contributed by atoms with van der Waals surface area (Å²) in [5.41, 5.74) is 3.37. The summed E-state index contributed by atoms with van der Waals surface area (Å²) < 4.78 is 0. The number of carbonyl (C=O) groups is 1. The lowest BCUT2D eigenvalue weighted by molar-refractivity contribution is 0.102. The number of hydrogen-bond donors (Lipinski definition) is 5. The number of nitrogens with zero attached hydrogens (tertiary/aromatic N) is 1. The van der Waals surface area contributed by atoms with Crippen molar-refractivity contribution in [2.24, 2.45) is 0 Å². The number of rotatable bonds is 5. The molecule has 7 nitrogen and oxygen atoms in total. The maximum absolute atomic E-state index is 13.1. The first kappa shape index (κ1) is 20.8. The summed E-state index contributed by atoms with van der Waals surface area (Å²) in [6.45, 7) is 0. The van der Waals surface area contributed by atoms with Gasteiger partial charge in [-0.15, -0.1) is 0 Å². The van der Waals surface area contributed by atoms with Crippen LogP contribution < -0.4 is 16.2 Å². The number of carbonyl (C=O) groups excluding carboxylic acids is 1. The largest absolute Gasteiger partial charge is 0.488 e. The number of nitrogens with one attached hydrogen (secondary N) is 1. The van der Waals surface area contributed by atoms with Crippen LogP contribution in [0.15, 0.2) is 78.9 Å². The van der Waals surface area contributed by atoms with Crippen molar-refractivity contribution in [3.8, 4) is 11.3 Å². The molecular weight excluding hydrogens is 394 g/mol. The van der Waals surface area contributed by atoms with Crippen LogP contribution in [0.3, 0.4) is 0 Å². The van der Waals surface area contributed by atoms with Gasteiger partial charge < -0.3 is 25.4 Å². The van der Waals surface area contributed by atoms with Gasteiger partial charge in [0.05, 0.1) is 16.8 Å². The first-order chi connectivity index (χ1) is 14.9. The number of anilines is 1. The second-order valence-corrected chi connectivity index (χ2v) is 7.02. The maximum Gasteiger partial charge on any atom is 0.488 e. The Morgan fingerprint density at radius 3 is 2.19 bits per heavy atom. The van der Waals surface area contributed by atoms with Crippen molar-refractivity contribution in [1.29, 1.82) is 0 Å². The van der Waals surface area contributed by atoms with Crippen molar-refractivity contribution in [3.05, 3.63) is 84.4 Å². The van der Waals surface area contributed by atoms with Crippen LogP contribution in [0.1, 0.15) is 10.4 Å². The molecule has 0 unspecified atom stereocenters. The zero-order valence-electron chi connectivity index (χ0n) is 16.3. The van der Waals surface area contributed by atoms with E-state index >= 15 is 0 Å². The molecule has 4 aromatic rings. The van der Waals surface area contributed by atoms with Gasteiger partial charge in [-0.25, -0.2) is 4.98 Å². The van der Waals surface area contributed by atoms with E-state index in [1.165, 1.54) is 6.07 Å². The van der Waals surface area contributed by atoms with Gasteiger partial charge in [0.2, 0.25) is 0 Å². The van der Waals surface area contributed by atoms with Crippen molar-refractivity contribution in [2.45, 2.75) is 0 Å². The number of pyridine rings is 1. The summed E-state index contributed by atoms with van der Waals surface area (Å²) >= 11 is 0. The number of amides is 1. The molecule has 0 saturated heterocycles. The summed E-state index contributed by atoms with van der Waals surface area (Å²) in [5.74, 6) is -0.369. The Balaban J connectivity index is 1.74. The van der Waals surface area contributed by atoms with Gasteiger partial charge in [0.15, 0.2) is 0 Å². The average molecular weight is 412 g/mol. The van der Waals surface area contributed by atoms with Gasteiger partial charge in [0.25, 0.3) is 5.91 Å². The van der Waals surface area contributed by atoms with Gasteiger partial charge in [0, 0.05) is 16.6 Å². The van der Waals surface area contributed by atoms with E-state index in [-0.39, 0.29) is 11.4 Å². The highest BCUT2D eigenvalue weighted by molar-refractivity contribution is 6.59. The summed E-state index contributed by atoms with van der Waals surface area (Å²) in [5, 5.41) is 40.8. The van der Waals surface area contributed by atoms with Gasteiger partial charge in [-0.05, 0) is 35.2 Å². The van der Waals surface area contributed by atoms with Gasteiger partial charge >= 0.3 is 14.2 Å². The zero-order chi connectivity index (χ0) is 22.0. The first-order valence-corrected chi connectivity index (χ1v) is 9.56. The summed E-state index contributed by atoms with van der Waals surface area (Å²) in [6, 6.07) is 21.9. The Hall–Kier alpha value is -3.49. The number of para-hydroxylation sites is 1. The molecule has 0 aliphatic heterocycles. The van der Waals surface area contributed by atoms with Crippen LogP contribution in [0.5, 0.6) is 0 Å². The van der Waals surface area contributed by atoms with Gasteiger partial charge in [0.1, 0.15) is 0 Å². The van der Waals surface area contributed by atoms with Crippen LogP contribution >= 0.6 is 0 Å². The molecule has 1 heterocycles.